The normalized spacial score (nSPS) is 11.7. The third kappa shape index (κ3) is 5.55. The topological polar surface area (TPSA) is 16.4 Å². The van der Waals surface area contributed by atoms with Gasteiger partial charge in [-0.3, -0.25) is 0 Å². The summed E-state index contributed by atoms with van der Waals surface area (Å²) in [5.41, 5.74) is 12.2. The Labute approximate surface area is 345 Å². The van der Waals surface area contributed by atoms with Gasteiger partial charge in [0.15, 0.2) is 0 Å². The molecule has 59 heavy (non-hydrogen) atoms. The molecule has 0 saturated carbocycles. The van der Waals surface area contributed by atoms with E-state index in [4.69, 9.17) is 4.42 Å². The van der Waals surface area contributed by atoms with Gasteiger partial charge in [-0.1, -0.05) is 158 Å². The molecular weight excluding hydrogens is 735 g/mol. The van der Waals surface area contributed by atoms with E-state index in [-0.39, 0.29) is 0 Å². The van der Waals surface area contributed by atoms with Crippen LogP contribution in [0.25, 0.3) is 97.0 Å². The molecule has 0 aliphatic heterocycles. The van der Waals surface area contributed by atoms with Crippen LogP contribution in [-0.4, -0.2) is 0 Å². The molecular formula is C56H35NOS. The van der Waals surface area contributed by atoms with Crippen molar-refractivity contribution in [1.29, 1.82) is 0 Å². The number of fused-ring (bicyclic) bond motifs is 8. The first-order valence-corrected chi connectivity index (χ1v) is 20.9. The molecule has 0 N–H and O–H groups in total. The summed E-state index contributed by atoms with van der Waals surface area (Å²) in [6, 6.07) is 76.8. The molecule has 0 aliphatic rings. The fourth-order valence-corrected chi connectivity index (χ4v) is 10.3. The second kappa shape index (κ2) is 13.6. The summed E-state index contributed by atoms with van der Waals surface area (Å²) in [5.74, 6) is 0. The summed E-state index contributed by atoms with van der Waals surface area (Å²) in [6.07, 6.45) is 0. The van der Waals surface area contributed by atoms with Gasteiger partial charge in [-0.2, -0.15) is 0 Å². The summed E-state index contributed by atoms with van der Waals surface area (Å²) in [5, 5.41) is 9.62. The Morgan fingerprint density at radius 3 is 1.76 bits per heavy atom. The average molecular weight is 770 g/mol. The quantitative estimate of drug-likeness (QED) is 0.167. The molecule has 0 bridgehead atoms. The van der Waals surface area contributed by atoms with Crippen LogP contribution in [0.2, 0.25) is 0 Å². The number of anilines is 3. The summed E-state index contributed by atoms with van der Waals surface area (Å²) in [4.78, 5) is 2.36. The zero-order chi connectivity index (χ0) is 38.9. The van der Waals surface area contributed by atoms with Crippen LogP contribution in [0.4, 0.5) is 17.1 Å². The maximum absolute atomic E-state index is 6.91. The van der Waals surface area contributed by atoms with E-state index in [1.54, 1.807) is 0 Å². The Morgan fingerprint density at radius 2 is 0.949 bits per heavy atom. The molecule has 0 fully saturated rings. The van der Waals surface area contributed by atoms with Gasteiger partial charge in [-0.25, -0.2) is 0 Å². The smallest absolute Gasteiger partial charge is 0.143 e. The lowest BCUT2D eigenvalue weighted by molar-refractivity contribution is 0.670. The van der Waals surface area contributed by atoms with Gasteiger partial charge >= 0.3 is 0 Å². The van der Waals surface area contributed by atoms with Gasteiger partial charge in [0.1, 0.15) is 11.2 Å². The van der Waals surface area contributed by atoms with Crippen LogP contribution in [0.1, 0.15) is 0 Å². The molecule has 276 valence electrons. The van der Waals surface area contributed by atoms with Gasteiger partial charge in [0.25, 0.3) is 0 Å². The van der Waals surface area contributed by atoms with Crippen LogP contribution in [0.15, 0.2) is 217 Å². The summed E-state index contributed by atoms with van der Waals surface area (Å²) in [7, 11) is 0. The van der Waals surface area contributed by atoms with Gasteiger partial charge in [0.05, 0.1) is 0 Å². The predicted molar refractivity (Wildman–Crippen MR) is 253 cm³/mol. The third-order valence-electron chi connectivity index (χ3n) is 11.9. The van der Waals surface area contributed by atoms with Crippen LogP contribution in [-0.2, 0) is 0 Å². The number of thiophene rings is 1. The molecule has 0 aliphatic carbocycles. The molecule has 2 nitrogen and oxygen atoms in total. The van der Waals surface area contributed by atoms with Crippen molar-refractivity contribution < 1.29 is 4.42 Å². The van der Waals surface area contributed by atoms with Crippen LogP contribution >= 0.6 is 11.3 Å². The van der Waals surface area contributed by atoms with Crippen molar-refractivity contribution in [3.8, 4) is 33.4 Å². The van der Waals surface area contributed by atoms with Crippen LogP contribution in [0, 0.1) is 0 Å². The lowest BCUT2D eigenvalue weighted by Gasteiger charge is -2.26. The van der Waals surface area contributed by atoms with Gasteiger partial charge in [0.2, 0.25) is 0 Å². The van der Waals surface area contributed by atoms with Crippen molar-refractivity contribution in [2.75, 3.05) is 4.90 Å². The minimum absolute atomic E-state index is 0.867. The van der Waals surface area contributed by atoms with Crippen molar-refractivity contribution in [1.82, 2.24) is 0 Å². The molecule has 2 aromatic heterocycles. The van der Waals surface area contributed by atoms with Crippen molar-refractivity contribution in [2.45, 2.75) is 0 Å². The molecule has 0 radical (unpaired) electrons. The van der Waals surface area contributed by atoms with Gasteiger partial charge < -0.3 is 9.32 Å². The number of nitrogens with zero attached hydrogens (tertiary/aromatic N) is 1. The largest absolute Gasteiger partial charge is 0.455 e. The molecule has 0 saturated heterocycles. The standard InChI is InChI=1S/C56H35NOS/c1-2-12-36(13-3-1)37-24-28-41(29-25-37)57(42-30-26-39(27-31-42)46-20-11-22-49-47-19-8-9-23-53(47)59-56(46)49)43-32-33-52-50(35-43)51-34-40-15-5-7-18-45(40)54(55(51)58-52)48-21-10-16-38-14-4-6-17-44(38)48/h1-35H. The predicted octanol–water partition coefficient (Wildman–Crippen LogP) is 16.7. The Hall–Kier alpha value is -7.46. The highest BCUT2D eigenvalue weighted by atomic mass is 32.1. The molecule has 0 atom stereocenters. The van der Waals surface area contributed by atoms with E-state index in [2.05, 4.69) is 217 Å². The molecule has 10 aromatic carbocycles. The van der Waals surface area contributed by atoms with E-state index in [1.807, 2.05) is 11.3 Å². The second-order valence-corrected chi connectivity index (χ2v) is 16.3. The molecule has 3 heteroatoms. The number of hydrogen-bond donors (Lipinski definition) is 0. The highest BCUT2D eigenvalue weighted by molar-refractivity contribution is 7.26. The first-order chi connectivity index (χ1) is 29.2. The molecule has 0 unspecified atom stereocenters. The van der Waals surface area contributed by atoms with Crippen LogP contribution in [0.5, 0.6) is 0 Å². The highest BCUT2D eigenvalue weighted by Gasteiger charge is 2.21. The van der Waals surface area contributed by atoms with E-state index in [9.17, 15) is 0 Å². The van der Waals surface area contributed by atoms with E-state index >= 15 is 0 Å². The number of benzene rings is 10. The highest BCUT2D eigenvalue weighted by Crippen LogP contribution is 2.46. The zero-order valence-electron chi connectivity index (χ0n) is 32.0. The second-order valence-electron chi connectivity index (χ2n) is 15.2. The van der Waals surface area contributed by atoms with E-state index in [0.717, 1.165) is 44.6 Å². The molecule has 12 aromatic rings. The van der Waals surface area contributed by atoms with E-state index in [1.165, 1.54) is 69.5 Å². The van der Waals surface area contributed by atoms with Crippen molar-refractivity contribution >= 4 is 92.1 Å². The fraction of sp³-hybridized carbons (Fsp3) is 0. The summed E-state index contributed by atoms with van der Waals surface area (Å²) >= 11 is 1.87. The maximum atomic E-state index is 6.91. The SMILES string of the molecule is c1ccc(-c2ccc(N(c3ccc(-c4cccc5c4sc4ccccc45)cc3)c3ccc4oc5c(-c6cccc7ccccc67)c6ccccc6cc5c4c3)cc2)cc1. The van der Waals surface area contributed by atoms with Crippen LogP contribution < -0.4 is 4.90 Å². The molecule has 0 amide bonds. The Bertz CT molecular complexity index is 3540. The third-order valence-corrected chi connectivity index (χ3v) is 13.1. The number of hydrogen-bond acceptors (Lipinski definition) is 3. The maximum Gasteiger partial charge on any atom is 0.143 e. The minimum Gasteiger partial charge on any atom is -0.455 e. The Morgan fingerprint density at radius 1 is 0.356 bits per heavy atom. The van der Waals surface area contributed by atoms with Gasteiger partial charge in [-0.15, -0.1) is 11.3 Å². The Kier molecular flexibility index (Phi) is 7.75. The van der Waals surface area contributed by atoms with Crippen molar-refractivity contribution in [3.63, 3.8) is 0 Å². The lowest BCUT2D eigenvalue weighted by Crippen LogP contribution is -2.09. The van der Waals surface area contributed by atoms with Gasteiger partial charge in [-0.05, 0) is 104 Å². The fourth-order valence-electron chi connectivity index (χ4n) is 9.06. The first-order valence-electron chi connectivity index (χ1n) is 20.1. The monoisotopic (exact) mass is 769 g/mol. The minimum atomic E-state index is 0.867. The van der Waals surface area contributed by atoms with E-state index in [0.29, 0.717) is 0 Å². The van der Waals surface area contributed by atoms with Gasteiger partial charge in [0, 0.05) is 53.6 Å². The van der Waals surface area contributed by atoms with Crippen molar-refractivity contribution in [3.05, 3.63) is 212 Å². The average Bonchev–Trinajstić information content (AvgIpc) is 3.87. The number of rotatable bonds is 6. The molecule has 12 rings (SSSR count). The first kappa shape index (κ1) is 33.7. The number of furan rings is 1. The van der Waals surface area contributed by atoms with Crippen molar-refractivity contribution in [2.24, 2.45) is 0 Å². The summed E-state index contributed by atoms with van der Waals surface area (Å²) in [6.45, 7) is 0. The zero-order valence-corrected chi connectivity index (χ0v) is 32.8. The van der Waals surface area contributed by atoms with Crippen LogP contribution in [0.3, 0.4) is 0 Å². The Balaban J connectivity index is 1.04. The lowest BCUT2D eigenvalue weighted by atomic mass is 9.92. The molecule has 0 spiro atoms. The van der Waals surface area contributed by atoms with E-state index < -0.39 is 0 Å². The molecule has 2 heterocycles. The summed E-state index contributed by atoms with van der Waals surface area (Å²) < 4.78 is 9.55.